The molecule has 1 amide bonds. The molecule has 0 aliphatic carbocycles. The zero-order valence-corrected chi connectivity index (χ0v) is 17.8. The molecular weight excluding hydrogens is 426 g/mol. The third kappa shape index (κ3) is 6.16. The number of amides is 1. The number of pyridine rings is 1. The highest BCUT2D eigenvalue weighted by atomic mass is 19.1. The quantitative estimate of drug-likeness (QED) is 0.423. The Kier molecular flexibility index (Phi) is 8.51. The second-order valence-electron chi connectivity index (χ2n) is 6.80. The first-order valence-corrected chi connectivity index (χ1v) is 9.63. The molecule has 0 fully saturated rings. The van der Waals surface area contributed by atoms with Crippen molar-refractivity contribution in [3.63, 3.8) is 0 Å². The molecule has 2 N–H and O–H groups in total. The molecule has 1 aromatic heterocycles. The molecule has 0 aliphatic heterocycles. The first kappa shape index (κ1) is 24.6. The smallest absolute Gasteiger partial charge is 0.328 e. The molecule has 2 aromatic rings. The van der Waals surface area contributed by atoms with E-state index in [4.69, 9.17) is 14.2 Å². The number of hydrogen-bond donors (Lipinski definition) is 2. The van der Waals surface area contributed by atoms with E-state index in [0.717, 1.165) is 12.1 Å². The third-order valence-corrected chi connectivity index (χ3v) is 4.42. The normalized spacial score (nSPS) is 13.4. The van der Waals surface area contributed by atoms with E-state index in [9.17, 15) is 23.5 Å². The van der Waals surface area contributed by atoms with Crippen molar-refractivity contribution >= 4 is 11.9 Å². The Hall–Kier alpha value is -3.69. The number of nitrogens with one attached hydrogen (secondary N) is 1. The van der Waals surface area contributed by atoms with Gasteiger partial charge in [-0.3, -0.25) is 4.79 Å². The van der Waals surface area contributed by atoms with Crippen molar-refractivity contribution in [2.75, 3.05) is 7.11 Å². The number of carbonyl (C=O) groups is 2. The van der Waals surface area contributed by atoms with Crippen LogP contribution in [0.1, 0.15) is 30.8 Å². The van der Waals surface area contributed by atoms with Crippen LogP contribution < -0.4 is 14.8 Å². The summed E-state index contributed by atoms with van der Waals surface area (Å²) in [5, 5.41) is 12.4. The van der Waals surface area contributed by atoms with Crippen molar-refractivity contribution in [2.45, 2.75) is 38.5 Å². The van der Waals surface area contributed by atoms with Gasteiger partial charge < -0.3 is 24.6 Å². The summed E-state index contributed by atoms with van der Waals surface area (Å²) in [7, 11) is 1.32. The maximum Gasteiger partial charge on any atom is 0.328 e. The number of carbonyl (C=O) groups excluding carboxylic acids is 2. The minimum absolute atomic E-state index is 0.0476. The largest absolute Gasteiger partial charge is 0.503 e. The number of halogens is 2. The van der Waals surface area contributed by atoms with Crippen molar-refractivity contribution in [1.82, 2.24) is 10.3 Å². The number of ether oxygens (including phenoxy) is 3. The molecule has 0 aliphatic rings. The molecule has 1 heterocycles. The standard InChI is InChI=1S/C22H24F2N2O6/c1-5-6-16(32-17-8-7-14(23)11-15(17)24)13(3)31-22(29)12(2)26-21(28)19-20(27)18(30-4)9-10-25-19/h5,7-13,16,27H,1,6H2,2-4H3,(H,26,28)/t12-,13-,16+/m0/s1. The first-order valence-electron chi connectivity index (χ1n) is 9.63. The van der Waals surface area contributed by atoms with Crippen molar-refractivity contribution in [3.8, 4) is 17.2 Å². The molecule has 0 spiro atoms. The summed E-state index contributed by atoms with van der Waals surface area (Å²) in [5.74, 6) is -3.90. The van der Waals surface area contributed by atoms with Crippen molar-refractivity contribution in [2.24, 2.45) is 0 Å². The van der Waals surface area contributed by atoms with Gasteiger partial charge in [-0.25, -0.2) is 18.6 Å². The number of aromatic hydroxyl groups is 1. The molecule has 8 nitrogen and oxygen atoms in total. The third-order valence-electron chi connectivity index (χ3n) is 4.42. The Labute approximate surface area is 183 Å². The SMILES string of the molecule is C=CC[C@@H](Oc1ccc(F)cc1F)[C@H](C)OC(=O)[C@H](C)NC(=O)c1nccc(OC)c1O. The topological polar surface area (TPSA) is 107 Å². The molecule has 2 rings (SSSR count). The fourth-order valence-electron chi connectivity index (χ4n) is 2.69. The van der Waals surface area contributed by atoms with Crippen LogP contribution in [0, 0.1) is 11.6 Å². The molecule has 10 heteroatoms. The van der Waals surface area contributed by atoms with Gasteiger partial charge in [-0.2, -0.15) is 0 Å². The van der Waals surface area contributed by atoms with Crippen LogP contribution in [0.25, 0.3) is 0 Å². The van der Waals surface area contributed by atoms with Gasteiger partial charge in [0.2, 0.25) is 0 Å². The van der Waals surface area contributed by atoms with Gasteiger partial charge in [-0.05, 0) is 26.0 Å². The highest BCUT2D eigenvalue weighted by Crippen LogP contribution is 2.27. The van der Waals surface area contributed by atoms with E-state index in [1.54, 1.807) is 0 Å². The van der Waals surface area contributed by atoms with Crippen LogP contribution in [-0.2, 0) is 9.53 Å². The molecule has 1 aromatic carbocycles. The first-order chi connectivity index (χ1) is 15.2. The Morgan fingerprint density at radius 2 is 1.97 bits per heavy atom. The summed E-state index contributed by atoms with van der Waals surface area (Å²) in [5.41, 5.74) is -0.322. The summed E-state index contributed by atoms with van der Waals surface area (Å²) >= 11 is 0. The van der Waals surface area contributed by atoms with Gasteiger partial charge in [0.15, 0.2) is 28.8 Å². The number of hydrogen-bond acceptors (Lipinski definition) is 7. The predicted octanol–water partition coefficient (Wildman–Crippen LogP) is 3.15. The van der Waals surface area contributed by atoms with Crippen LogP contribution in [0.15, 0.2) is 43.1 Å². The highest BCUT2D eigenvalue weighted by molar-refractivity contribution is 5.97. The fourth-order valence-corrected chi connectivity index (χ4v) is 2.69. The van der Waals surface area contributed by atoms with E-state index in [1.807, 2.05) is 0 Å². The van der Waals surface area contributed by atoms with E-state index in [2.05, 4.69) is 16.9 Å². The molecule has 0 saturated heterocycles. The second-order valence-corrected chi connectivity index (χ2v) is 6.80. The van der Waals surface area contributed by atoms with E-state index >= 15 is 0 Å². The van der Waals surface area contributed by atoms with Crippen molar-refractivity contribution in [1.29, 1.82) is 0 Å². The van der Waals surface area contributed by atoms with Crippen LogP contribution >= 0.6 is 0 Å². The summed E-state index contributed by atoms with van der Waals surface area (Å²) in [6, 6.07) is 3.11. The molecule has 0 bridgehead atoms. The second kappa shape index (κ2) is 11.1. The van der Waals surface area contributed by atoms with Crippen LogP contribution in [0.4, 0.5) is 8.78 Å². The zero-order valence-electron chi connectivity index (χ0n) is 17.8. The summed E-state index contributed by atoms with van der Waals surface area (Å²) in [6.45, 7) is 6.51. The minimum Gasteiger partial charge on any atom is -0.503 e. The summed E-state index contributed by atoms with van der Waals surface area (Å²) in [6.07, 6.45) is 1.28. The van der Waals surface area contributed by atoms with Crippen molar-refractivity contribution in [3.05, 3.63) is 60.4 Å². The number of nitrogens with zero attached hydrogens (tertiary/aromatic N) is 1. The van der Waals surface area contributed by atoms with Crippen LogP contribution in [0.2, 0.25) is 0 Å². The lowest BCUT2D eigenvalue weighted by Crippen LogP contribution is -2.43. The molecule has 0 unspecified atom stereocenters. The molecule has 3 atom stereocenters. The van der Waals surface area contributed by atoms with E-state index in [0.29, 0.717) is 6.07 Å². The van der Waals surface area contributed by atoms with Gasteiger partial charge in [-0.15, -0.1) is 6.58 Å². The average Bonchev–Trinajstić information content (AvgIpc) is 2.74. The number of rotatable bonds is 10. The molecule has 32 heavy (non-hydrogen) atoms. The lowest BCUT2D eigenvalue weighted by atomic mass is 10.1. The fraction of sp³-hybridized carbons (Fsp3) is 0.318. The maximum absolute atomic E-state index is 13.9. The highest BCUT2D eigenvalue weighted by Gasteiger charge is 2.27. The minimum atomic E-state index is -1.11. The Balaban J connectivity index is 2.03. The zero-order chi connectivity index (χ0) is 23.8. The van der Waals surface area contributed by atoms with E-state index in [1.165, 1.54) is 39.3 Å². The van der Waals surface area contributed by atoms with Crippen LogP contribution in [-0.4, -0.2) is 47.3 Å². The number of benzene rings is 1. The predicted molar refractivity (Wildman–Crippen MR) is 111 cm³/mol. The molecule has 0 saturated carbocycles. The van der Waals surface area contributed by atoms with Crippen molar-refractivity contribution < 1.29 is 37.7 Å². The number of esters is 1. The van der Waals surface area contributed by atoms with Gasteiger partial charge in [0.25, 0.3) is 5.91 Å². The van der Waals surface area contributed by atoms with E-state index < -0.39 is 47.5 Å². The summed E-state index contributed by atoms with van der Waals surface area (Å²) in [4.78, 5) is 28.6. The molecule has 172 valence electrons. The average molecular weight is 450 g/mol. The van der Waals surface area contributed by atoms with Gasteiger partial charge >= 0.3 is 5.97 Å². The van der Waals surface area contributed by atoms with Gasteiger partial charge in [0, 0.05) is 24.8 Å². The lowest BCUT2D eigenvalue weighted by Gasteiger charge is -2.25. The Morgan fingerprint density at radius 1 is 1.25 bits per heavy atom. The number of methoxy groups -OCH3 is 1. The van der Waals surface area contributed by atoms with Crippen LogP contribution in [0.3, 0.4) is 0 Å². The molecule has 0 radical (unpaired) electrons. The summed E-state index contributed by atoms with van der Waals surface area (Å²) < 4.78 is 42.8. The van der Waals surface area contributed by atoms with Gasteiger partial charge in [0.1, 0.15) is 24.1 Å². The van der Waals surface area contributed by atoms with E-state index in [-0.39, 0.29) is 23.6 Å². The Morgan fingerprint density at radius 3 is 2.59 bits per heavy atom. The number of aromatic nitrogens is 1. The lowest BCUT2D eigenvalue weighted by molar-refractivity contribution is -0.154. The Bertz CT molecular complexity index is 985. The monoisotopic (exact) mass is 450 g/mol. The maximum atomic E-state index is 13.9. The van der Waals surface area contributed by atoms with Gasteiger partial charge in [-0.1, -0.05) is 6.08 Å². The molecular formula is C22H24F2N2O6. The van der Waals surface area contributed by atoms with Gasteiger partial charge in [0.05, 0.1) is 7.11 Å². The van der Waals surface area contributed by atoms with Crippen LogP contribution in [0.5, 0.6) is 17.2 Å².